The summed E-state index contributed by atoms with van der Waals surface area (Å²) in [5.41, 5.74) is 7.51. The number of nitrogens with two attached hydrogens (primary N) is 1. The second-order valence-corrected chi connectivity index (χ2v) is 5.45. The van der Waals surface area contributed by atoms with E-state index in [9.17, 15) is 0 Å². The van der Waals surface area contributed by atoms with E-state index < -0.39 is 0 Å². The van der Waals surface area contributed by atoms with Gasteiger partial charge in [0.25, 0.3) is 0 Å². The summed E-state index contributed by atoms with van der Waals surface area (Å²) in [5.74, 6) is 0.800. The maximum atomic E-state index is 5.89. The molecule has 3 N–H and O–H groups in total. The van der Waals surface area contributed by atoms with Crippen molar-refractivity contribution in [2.45, 2.75) is 6.54 Å². The molecule has 1 aromatic heterocycles. The van der Waals surface area contributed by atoms with Crippen LogP contribution in [0, 0.1) is 0 Å². The lowest BCUT2D eigenvalue weighted by Crippen LogP contribution is -2.01. The number of hydrogen-bond donors (Lipinski definition) is 2. The molecule has 1 heterocycles. The maximum absolute atomic E-state index is 5.89. The molecule has 0 saturated heterocycles. The third-order valence-corrected chi connectivity index (χ3v) is 4.03. The van der Waals surface area contributed by atoms with E-state index >= 15 is 0 Å². The Morgan fingerprint density at radius 3 is 2.88 bits per heavy atom. The zero-order valence-electron chi connectivity index (χ0n) is 9.37. The van der Waals surface area contributed by atoms with Crippen LogP contribution in [-0.2, 0) is 6.54 Å². The summed E-state index contributed by atoms with van der Waals surface area (Å²) >= 11 is 5.14. The van der Waals surface area contributed by atoms with Crippen molar-refractivity contribution in [3.63, 3.8) is 0 Å². The van der Waals surface area contributed by atoms with Gasteiger partial charge in [-0.3, -0.25) is 0 Å². The fourth-order valence-electron chi connectivity index (χ4n) is 1.44. The molecule has 0 amide bonds. The van der Waals surface area contributed by atoms with Crippen molar-refractivity contribution in [2.75, 3.05) is 18.2 Å². The van der Waals surface area contributed by atoms with Gasteiger partial charge in [0.05, 0.1) is 18.5 Å². The predicted molar refractivity (Wildman–Crippen MR) is 76.8 cm³/mol. The number of nitrogens with one attached hydrogen (secondary N) is 1. The third kappa shape index (κ3) is 3.14. The Bertz CT molecular complexity index is 513. The number of halogens is 1. The largest absolute Gasteiger partial charge is 0.497 e. The SMILES string of the molecule is COc1ccc(N)c(NCc2cc(Br)cs2)c1. The lowest BCUT2D eigenvalue weighted by molar-refractivity contribution is 0.415. The Balaban J connectivity index is 2.07. The Hall–Kier alpha value is -1.20. The Morgan fingerprint density at radius 1 is 1.41 bits per heavy atom. The number of thiophene rings is 1. The number of rotatable bonds is 4. The molecule has 0 fully saturated rings. The van der Waals surface area contributed by atoms with Crippen LogP contribution in [0.15, 0.2) is 34.1 Å². The fraction of sp³-hybridized carbons (Fsp3) is 0.167. The molecule has 2 rings (SSSR count). The number of methoxy groups -OCH3 is 1. The van der Waals surface area contributed by atoms with Crippen LogP contribution in [-0.4, -0.2) is 7.11 Å². The van der Waals surface area contributed by atoms with Crippen LogP contribution in [0.1, 0.15) is 4.88 Å². The van der Waals surface area contributed by atoms with Crippen LogP contribution in [0.4, 0.5) is 11.4 Å². The summed E-state index contributed by atoms with van der Waals surface area (Å²) in [6.07, 6.45) is 0. The van der Waals surface area contributed by atoms with Crippen molar-refractivity contribution in [1.29, 1.82) is 0 Å². The summed E-state index contributed by atoms with van der Waals surface area (Å²) in [6, 6.07) is 7.68. The molecule has 0 unspecified atom stereocenters. The molecule has 0 aliphatic heterocycles. The van der Waals surface area contributed by atoms with Crippen LogP contribution in [0.3, 0.4) is 0 Å². The molecule has 0 bridgehead atoms. The normalized spacial score (nSPS) is 10.2. The van der Waals surface area contributed by atoms with E-state index in [0.717, 1.165) is 28.1 Å². The van der Waals surface area contributed by atoms with Crippen LogP contribution in [0.25, 0.3) is 0 Å². The number of hydrogen-bond acceptors (Lipinski definition) is 4. The van der Waals surface area contributed by atoms with Gasteiger partial charge in [-0.05, 0) is 34.1 Å². The molecule has 0 spiro atoms. The van der Waals surface area contributed by atoms with E-state index in [1.165, 1.54) is 4.88 Å². The molecule has 2 aromatic rings. The zero-order chi connectivity index (χ0) is 12.3. The lowest BCUT2D eigenvalue weighted by atomic mass is 10.2. The highest BCUT2D eigenvalue weighted by Gasteiger charge is 2.02. The van der Waals surface area contributed by atoms with Gasteiger partial charge in [-0.25, -0.2) is 0 Å². The third-order valence-electron chi connectivity index (χ3n) is 2.34. The lowest BCUT2D eigenvalue weighted by Gasteiger charge is -2.10. The van der Waals surface area contributed by atoms with Gasteiger partial charge < -0.3 is 15.8 Å². The molecular formula is C12H13BrN2OS. The monoisotopic (exact) mass is 312 g/mol. The molecule has 0 aliphatic rings. The first-order valence-electron chi connectivity index (χ1n) is 5.09. The highest BCUT2D eigenvalue weighted by atomic mass is 79.9. The van der Waals surface area contributed by atoms with Gasteiger partial charge in [0.1, 0.15) is 5.75 Å². The quantitative estimate of drug-likeness (QED) is 0.846. The van der Waals surface area contributed by atoms with E-state index in [4.69, 9.17) is 10.5 Å². The molecular weight excluding hydrogens is 300 g/mol. The van der Waals surface area contributed by atoms with E-state index in [2.05, 4.69) is 32.7 Å². The first kappa shape index (κ1) is 12.3. The van der Waals surface area contributed by atoms with Gasteiger partial charge in [-0.15, -0.1) is 11.3 Å². The minimum Gasteiger partial charge on any atom is -0.497 e. The summed E-state index contributed by atoms with van der Waals surface area (Å²) in [6.45, 7) is 0.758. The van der Waals surface area contributed by atoms with E-state index in [1.54, 1.807) is 18.4 Å². The fourth-order valence-corrected chi connectivity index (χ4v) is 2.84. The molecule has 17 heavy (non-hydrogen) atoms. The number of benzene rings is 1. The standard InChI is InChI=1S/C12H13BrN2OS/c1-16-9-2-3-11(14)12(5-9)15-6-10-4-8(13)7-17-10/h2-5,7,15H,6,14H2,1H3. The average molecular weight is 313 g/mol. The predicted octanol–water partition coefficient (Wildman–Crippen LogP) is 3.71. The van der Waals surface area contributed by atoms with Crippen LogP contribution < -0.4 is 15.8 Å². The summed E-state index contributed by atoms with van der Waals surface area (Å²) in [7, 11) is 1.64. The highest BCUT2D eigenvalue weighted by molar-refractivity contribution is 9.10. The molecule has 0 saturated carbocycles. The molecule has 0 radical (unpaired) electrons. The van der Waals surface area contributed by atoms with Crippen LogP contribution in [0.5, 0.6) is 5.75 Å². The van der Waals surface area contributed by atoms with Crippen molar-refractivity contribution < 1.29 is 4.74 Å². The second-order valence-electron chi connectivity index (χ2n) is 3.54. The van der Waals surface area contributed by atoms with Crippen molar-refractivity contribution in [1.82, 2.24) is 0 Å². The van der Waals surface area contributed by atoms with Crippen molar-refractivity contribution >= 4 is 38.6 Å². The van der Waals surface area contributed by atoms with Gasteiger partial charge in [-0.2, -0.15) is 0 Å². The summed E-state index contributed by atoms with van der Waals surface area (Å²) in [5, 5.41) is 5.36. The van der Waals surface area contributed by atoms with Gasteiger partial charge in [0.15, 0.2) is 0 Å². The Kier molecular flexibility index (Phi) is 3.91. The van der Waals surface area contributed by atoms with Gasteiger partial charge in [0.2, 0.25) is 0 Å². The molecule has 90 valence electrons. The van der Waals surface area contributed by atoms with Crippen molar-refractivity contribution in [3.8, 4) is 5.75 Å². The first-order valence-corrected chi connectivity index (χ1v) is 6.76. The average Bonchev–Trinajstić information content (AvgIpc) is 2.74. The van der Waals surface area contributed by atoms with E-state index in [0.29, 0.717) is 0 Å². The smallest absolute Gasteiger partial charge is 0.121 e. The van der Waals surface area contributed by atoms with E-state index in [1.807, 2.05) is 18.2 Å². The molecule has 0 atom stereocenters. The zero-order valence-corrected chi connectivity index (χ0v) is 11.8. The number of anilines is 2. The van der Waals surface area contributed by atoms with Crippen LogP contribution >= 0.6 is 27.3 Å². The van der Waals surface area contributed by atoms with Gasteiger partial charge >= 0.3 is 0 Å². The minimum absolute atomic E-state index is 0.724. The second kappa shape index (κ2) is 5.42. The molecule has 1 aromatic carbocycles. The molecule has 0 aliphatic carbocycles. The van der Waals surface area contributed by atoms with Gasteiger partial charge in [-0.1, -0.05) is 0 Å². The summed E-state index contributed by atoms with van der Waals surface area (Å²) < 4.78 is 6.27. The Morgan fingerprint density at radius 2 is 2.24 bits per heavy atom. The number of ether oxygens (including phenoxy) is 1. The first-order chi connectivity index (χ1) is 8.19. The molecule has 5 heteroatoms. The summed E-state index contributed by atoms with van der Waals surface area (Å²) in [4.78, 5) is 1.25. The highest BCUT2D eigenvalue weighted by Crippen LogP contribution is 2.26. The Labute approximate surface area is 113 Å². The maximum Gasteiger partial charge on any atom is 0.121 e. The minimum atomic E-state index is 0.724. The van der Waals surface area contributed by atoms with Crippen LogP contribution in [0.2, 0.25) is 0 Å². The topological polar surface area (TPSA) is 47.3 Å². The van der Waals surface area contributed by atoms with E-state index in [-0.39, 0.29) is 0 Å². The van der Waals surface area contributed by atoms with Crippen molar-refractivity contribution in [2.24, 2.45) is 0 Å². The van der Waals surface area contributed by atoms with Crippen molar-refractivity contribution in [3.05, 3.63) is 39.0 Å². The molecule has 3 nitrogen and oxygen atoms in total. The van der Waals surface area contributed by atoms with Gasteiger partial charge in [0, 0.05) is 27.3 Å². The number of nitrogen functional groups attached to an aromatic ring is 1.